The Labute approximate surface area is 149 Å². The second kappa shape index (κ2) is 8.62. The lowest BCUT2D eigenvalue weighted by Gasteiger charge is -2.19. The van der Waals surface area contributed by atoms with Crippen LogP contribution in [0.3, 0.4) is 0 Å². The van der Waals surface area contributed by atoms with Crippen LogP contribution in [0.5, 0.6) is 0 Å². The van der Waals surface area contributed by atoms with Crippen molar-refractivity contribution in [2.75, 3.05) is 32.4 Å². The molecule has 0 bridgehead atoms. The van der Waals surface area contributed by atoms with Gasteiger partial charge in [0.25, 0.3) is 0 Å². The molecule has 0 atom stereocenters. The first kappa shape index (κ1) is 19.7. The fourth-order valence-electron chi connectivity index (χ4n) is 2.68. The highest BCUT2D eigenvalue weighted by Gasteiger charge is 2.45. The molecular weight excluding hydrogens is 343 g/mol. The predicted octanol–water partition coefficient (Wildman–Crippen LogP) is 1.35. The van der Waals surface area contributed by atoms with E-state index in [2.05, 4.69) is 20.3 Å². The Kier molecular flexibility index (Phi) is 6.78. The molecule has 1 aliphatic rings. The maximum atomic E-state index is 14.0. The van der Waals surface area contributed by atoms with E-state index >= 15 is 0 Å². The van der Waals surface area contributed by atoms with E-state index in [4.69, 9.17) is 0 Å². The summed E-state index contributed by atoms with van der Waals surface area (Å²) in [6, 6.07) is 6.92. The molecule has 1 saturated carbocycles. The zero-order valence-electron chi connectivity index (χ0n) is 14.8. The molecule has 8 heteroatoms. The molecule has 0 amide bonds. The molecule has 0 heterocycles. The first-order valence-electron chi connectivity index (χ1n) is 8.59. The van der Waals surface area contributed by atoms with Crippen LogP contribution in [0.4, 0.5) is 4.39 Å². The fourth-order valence-corrected chi connectivity index (χ4v) is 3.34. The number of hydrogen-bond donors (Lipinski definition) is 3. The third-order valence-electron chi connectivity index (χ3n) is 4.46. The van der Waals surface area contributed by atoms with Crippen molar-refractivity contribution in [3.8, 4) is 0 Å². The number of halogens is 1. The summed E-state index contributed by atoms with van der Waals surface area (Å²) in [7, 11) is -1.46. The lowest BCUT2D eigenvalue weighted by Crippen LogP contribution is -2.42. The third kappa shape index (κ3) is 5.67. The maximum Gasteiger partial charge on any atom is 0.211 e. The molecule has 140 valence electrons. The number of benzene rings is 1. The Morgan fingerprint density at radius 3 is 2.56 bits per heavy atom. The van der Waals surface area contributed by atoms with Gasteiger partial charge in [-0.05, 0) is 37.8 Å². The van der Waals surface area contributed by atoms with E-state index in [0.717, 1.165) is 18.4 Å². The molecule has 6 nitrogen and oxygen atoms in total. The molecule has 0 unspecified atom stereocenters. The van der Waals surface area contributed by atoms with Crippen molar-refractivity contribution in [1.82, 2.24) is 15.4 Å². The summed E-state index contributed by atoms with van der Waals surface area (Å²) < 4.78 is 39.2. The SMILES string of the molecule is CCS(=O)(=O)NCCCNC(=NC)NCC1(c2ccccc2F)CC1. The van der Waals surface area contributed by atoms with Crippen molar-refractivity contribution < 1.29 is 12.8 Å². The Morgan fingerprint density at radius 1 is 1.24 bits per heavy atom. The number of nitrogens with one attached hydrogen (secondary N) is 3. The highest BCUT2D eigenvalue weighted by molar-refractivity contribution is 7.89. The lowest BCUT2D eigenvalue weighted by atomic mass is 9.95. The van der Waals surface area contributed by atoms with Crippen LogP contribution in [0.15, 0.2) is 29.3 Å². The molecule has 0 saturated heterocycles. The zero-order chi connectivity index (χ0) is 18.3. The maximum absolute atomic E-state index is 14.0. The molecule has 1 aliphatic carbocycles. The fraction of sp³-hybridized carbons (Fsp3) is 0.588. The number of hydrogen-bond acceptors (Lipinski definition) is 3. The van der Waals surface area contributed by atoms with E-state index in [0.29, 0.717) is 32.0 Å². The van der Waals surface area contributed by atoms with Crippen LogP contribution in [0.1, 0.15) is 31.7 Å². The van der Waals surface area contributed by atoms with E-state index in [-0.39, 0.29) is 17.0 Å². The Bertz CT molecular complexity index is 702. The first-order valence-corrected chi connectivity index (χ1v) is 10.2. The smallest absolute Gasteiger partial charge is 0.211 e. The van der Waals surface area contributed by atoms with E-state index in [1.165, 1.54) is 6.07 Å². The minimum absolute atomic E-state index is 0.0851. The largest absolute Gasteiger partial charge is 0.356 e. The summed E-state index contributed by atoms with van der Waals surface area (Å²) in [5.74, 6) is 0.566. The number of sulfonamides is 1. The van der Waals surface area contributed by atoms with Gasteiger partial charge in [-0.15, -0.1) is 0 Å². The molecule has 25 heavy (non-hydrogen) atoms. The van der Waals surface area contributed by atoms with E-state index in [1.807, 2.05) is 12.1 Å². The standard InChI is InChI=1S/C17H27FN4O2S/c1-3-25(23,24)22-12-6-11-20-16(19-2)21-13-17(9-10-17)14-7-4-5-8-15(14)18/h4-5,7-8,22H,3,6,9-13H2,1-2H3,(H2,19,20,21). The van der Waals surface area contributed by atoms with Crippen LogP contribution < -0.4 is 15.4 Å². The van der Waals surface area contributed by atoms with Crippen LogP contribution in [0.25, 0.3) is 0 Å². The second-order valence-electron chi connectivity index (χ2n) is 6.26. The number of nitrogens with zero attached hydrogens (tertiary/aromatic N) is 1. The van der Waals surface area contributed by atoms with Gasteiger partial charge in [0.15, 0.2) is 5.96 Å². The molecule has 3 N–H and O–H groups in total. The summed E-state index contributed by atoms with van der Waals surface area (Å²) in [5, 5.41) is 6.40. The average molecular weight is 370 g/mol. The van der Waals surface area contributed by atoms with Gasteiger partial charge in [0.2, 0.25) is 10.0 Å². The monoisotopic (exact) mass is 370 g/mol. The van der Waals surface area contributed by atoms with E-state index in [1.54, 1.807) is 20.0 Å². The third-order valence-corrected chi connectivity index (χ3v) is 5.87. The average Bonchev–Trinajstić information content (AvgIpc) is 3.38. The van der Waals surface area contributed by atoms with Crippen molar-refractivity contribution in [2.24, 2.45) is 4.99 Å². The number of guanidine groups is 1. The quantitative estimate of drug-likeness (QED) is 0.348. The van der Waals surface area contributed by atoms with Crippen molar-refractivity contribution in [3.05, 3.63) is 35.6 Å². The normalized spacial score (nSPS) is 16.5. The summed E-state index contributed by atoms with van der Waals surface area (Å²) in [4.78, 5) is 4.16. The van der Waals surface area contributed by atoms with Gasteiger partial charge in [0.05, 0.1) is 5.75 Å². The molecule has 0 radical (unpaired) electrons. The van der Waals surface area contributed by atoms with Crippen LogP contribution in [-0.4, -0.2) is 46.8 Å². The molecule has 1 aromatic carbocycles. The van der Waals surface area contributed by atoms with Gasteiger partial charge in [-0.3, -0.25) is 4.99 Å². The topological polar surface area (TPSA) is 82.6 Å². The highest BCUT2D eigenvalue weighted by Crippen LogP contribution is 2.48. The molecular formula is C17H27FN4O2S. The van der Waals surface area contributed by atoms with Gasteiger partial charge < -0.3 is 10.6 Å². The lowest BCUT2D eigenvalue weighted by molar-refractivity contribution is 0.558. The molecule has 0 aliphatic heterocycles. The molecule has 0 aromatic heterocycles. The van der Waals surface area contributed by atoms with Crippen molar-refractivity contribution in [3.63, 3.8) is 0 Å². The van der Waals surface area contributed by atoms with Gasteiger partial charge in [-0.2, -0.15) is 0 Å². The summed E-state index contributed by atoms with van der Waals surface area (Å²) in [6.45, 7) is 3.21. The first-order chi connectivity index (χ1) is 11.9. The van der Waals surface area contributed by atoms with Crippen molar-refractivity contribution in [1.29, 1.82) is 0 Å². The Morgan fingerprint density at radius 2 is 1.96 bits per heavy atom. The van der Waals surface area contributed by atoms with E-state index < -0.39 is 10.0 Å². The molecule has 1 fully saturated rings. The summed E-state index contributed by atoms with van der Waals surface area (Å²) in [5.41, 5.74) is 0.603. The van der Waals surface area contributed by atoms with Gasteiger partial charge in [-0.25, -0.2) is 17.5 Å². The van der Waals surface area contributed by atoms with Gasteiger partial charge >= 0.3 is 0 Å². The Hall–Kier alpha value is -1.67. The van der Waals surface area contributed by atoms with Gasteiger partial charge in [-0.1, -0.05) is 18.2 Å². The predicted molar refractivity (Wildman–Crippen MR) is 98.8 cm³/mol. The Balaban J connectivity index is 1.75. The minimum Gasteiger partial charge on any atom is -0.356 e. The molecule has 0 spiro atoms. The van der Waals surface area contributed by atoms with Crippen LogP contribution in [0, 0.1) is 5.82 Å². The van der Waals surface area contributed by atoms with Crippen LogP contribution in [-0.2, 0) is 15.4 Å². The zero-order valence-corrected chi connectivity index (χ0v) is 15.6. The second-order valence-corrected chi connectivity index (χ2v) is 8.36. The van der Waals surface area contributed by atoms with Crippen molar-refractivity contribution in [2.45, 2.75) is 31.6 Å². The summed E-state index contributed by atoms with van der Waals surface area (Å²) >= 11 is 0. The van der Waals surface area contributed by atoms with Gasteiger partial charge in [0, 0.05) is 32.1 Å². The number of aliphatic imine (C=N–C) groups is 1. The molecule has 1 aromatic rings. The van der Waals surface area contributed by atoms with E-state index in [9.17, 15) is 12.8 Å². The molecule has 2 rings (SSSR count). The van der Waals surface area contributed by atoms with Crippen molar-refractivity contribution >= 4 is 16.0 Å². The van der Waals surface area contributed by atoms with Crippen LogP contribution >= 0.6 is 0 Å². The summed E-state index contributed by atoms with van der Waals surface area (Å²) in [6.07, 6.45) is 2.56. The van der Waals surface area contributed by atoms with Gasteiger partial charge in [0.1, 0.15) is 5.82 Å². The number of rotatable bonds is 9. The van der Waals surface area contributed by atoms with Crippen LogP contribution in [0.2, 0.25) is 0 Å². The highest BCUT2D eigenvalue weighted by atomic mass is 32.2. The minimum atomic E-state index is -3.14.